The third-order valence-corrected chi connectivity index (χ3v) is 6.12. The molecule has 3 unspecified atom stereocenters. The molecular formula is C16H22N2O4S. The first-order valence-electron chi connectivity index (χ1n) is 7.84. The monoisotopic (exact) mass is 338 g/mol. The number of rotatable bonds is 4. The molecule has 23 heavy (non-hydrogen) atoms. The molecule has 0 aromatic heterocycles. The van der Waals surface area contributed by atoms with Crippen LogP contribution < -0.4 is 4.72 Å². The predicted molar refractivity (Wildman–Crippen MR) is 85.7 cm³/mol. The van der Waals surface area contributed by atoms with Crippen LogP contribution in [0, 0.1) is 5.92 Å². The van der Waals surface area contributed by atoms with Gasteiger partial charge in [0.1, 0.15) is 0 Å². The smallest absolute Gasteiger partial charge is 0.253 e. The van der Waals surface area contributed by atoms with Crippen LogP contribution >= 0.6 is 0 Å². The van der Waals surface area contributed by atoms with Crippen molar-refractivity contribution in [1.82, 2.24) is 9.62 Å². The van der Waals surface area contributed by atoms with E-state index in [0.29, 0.717) is 5.56 Å². The Labute approximate surface area is 136 Å². The Morgan fingerprint density at radius 3 is 2.57 bits per heavy atom. The Hall–Kier alpha value is -1.44. The van der Waals surface area contributed by atoms with Crippen LogP contribution in [-0.4, -0.2) is 52.1 Å². The molecular weight excluding hydrogens is 316 g/mol. The Balaban J connectivity index is 1.69. The number of sulfonamides is 1. The van der Waals surface area contributed by atoms with Crippen molar-refractivity contribution in [2.75, 3.05) is 20.7 Å². The first-order chi connectivity index (χ1) is 10.9. The summed E-state index contributed by atoms with van der Waals surface area (Å²) in [5, 5.41) is 0. The highest BCUT2D eigenvalue weighted by Crippen LogP contribution is 2.38. The summed E-state index contributed by atoms with van der Waals surface area (Å²) >= 11 is 0. The van der Waals surface area contributed by atoms with Gasteiger partial charge >= 0.3 is 0 Å². The molecule has 1 N–H and O–H groups in total. The second-order valence-corrected chi connectivity index (χ2v) is 8.12. The second-order valence-electron chi connectivity index (χ2n) is 6.40. The number of fused-ring (bicyclic) bond motifs is 1. The average molecular weight is 338 g/mol. The standard InChI is InChI=1S/C16H22N2O4S/c1-18(2)16(19)11-5-7-12(8-6-11)23(20,21)17-14-10-15-13(14)4-3-9-22-15/h5-8,13-15,17H,3-4,9-10H2,1-2H3. The summed E-state index contributed by atoms with van der Waals surface area (Å²) < 4.78 is 33.3. The van der Waals surface area contributed by atoms with Gasteiger partial charge in [-0.25, -0.2) is 13.1 Å². The van der Waals surface area contributed by atoms with Crippen LogP contribution in [-0.2, 0) is 14.8 Å². The molecule has 1 saturated carbocycles. The maximum Gasteiger partial charge on any atom is 0.253 e. The van der Waals surface area contributed by atoms with Crippen LogP contribution in [0.2, 0.25) is 0 Å². The van der Waals surface area contributed by atoms with Crippen LogP contribution in [0.3, 0.4) is 0 Å². The van der Waals surface area contributed by atoms with Crippen molar-refractivity contribution >= 4 is 15.9 Å². The number of ether oxygens (including phenoxy) is 1. The van der Waals surface area contributed by atoms with E-state index in [1.165, 1.54) is 17.0 Å². The molecule has 1 amide bonds. The highest BCUT2D eigenvalue weighted by atomic mass is 32.2. The lowest BCUT2D eigenvalue weighted by atomic mass is 9.73. The van der Waals surface area contributed by atoms with Gasteiger partial charge in [0.15, 0.2) is 0 Å². The Morgan fingerprint density at radius 2 is 1.96 bits per heavy atom. The number of hydrogen-bond donors (Lipinski definition) is 1. The van der Waals surface area contributed by atoms with Gasteiger partial charge in [0.05, 0.1) is 11.0 Å². The van der Waals surface area contributed by atoms with Crippen LogP contribution in [0.5, 0.6) is 0 Å². The zero-order chi connectivity index (χ0) is 16.6. The Kier molecular flexibility index (Phi) is 4.44. The highest BCUT2D eigenvalue weighted by Gasteiger charge is 2.45. The molecule has 0 spiro atoms. The minimum Gasteiger partial charge on any atom is -0.378 e. The molecule has 2 aliphatic rings. The van der Waals surface area contributed by atoms with Crippen molar-refractivity contribution in [2.45, 2.75) is 36.3 Å². The molecule has 0 radical (unpaired) electrons. The van der Waals surface area contributed by atoms with Crippen molar-refractivity contribution in [2.24, 2.45) is 5.92 Å². The summed E-state index contributed by atoms with van der Waals surface area (Å²) in [6, 6.07) is 6.00. The third kappa shape index (κ3) is 3.27. The fourth-order valence-electron chi connectivity index (χ4n) is 3.23. The Bertz CT molecular complexity index is 685. The first-order valence-corrected chi connectivity index (χ1v) is 9.32. The van der Waals surface area contributed by atoms with Crippen molar-refractivity contribution in [1.29, 1.82) is 0 Å². The van der Waals surface area contributed by atoms with E-state index in [4.69, 9.17) is 4.74 Å². The molecule has 2 fully saturated rings. The van der Waals surface area contributed by atoms with E-state index in [0.717, 1.165) is 25.9 Å². The number of carbonyl (C=O) groups is 1. The van der Waals surface area contributed by atoms with E-state index in [9.17, 15) is 13.2 Å². The summed E-state index contributed by atoms with van der Waals surface area (Å²) in [6.45, 7) is 0.780. The highest BCUT2D eigenvalue weighted by molar-refractivity contribution is 7.89. The first kappa shape index (κ1) is 16.4. The van der Waals surface area contributed by atoms with Gasteiger partial charge in [0.2, 0.25) is 10.0 Å². The minimum absolute atomic E-state index is 0.0478. The quantitative estimate of drug-likeness (QED) is 0.896. The van der Waals surface area contributed by atoms with Gasteiger partial charge in [0.25, 0.3) is 5.91 Å². The summed E-state index contributed by atoms with van der Waals surface area (Å²) in [5.41, 5.74) is 0.471. The van der Waals surface area contributed by atoms with Gasteiger partial charge in [-0.2, -0.15) is 0 Å². The van der Waals surface area contributed by atoms with E-state index in [1.807, 2.05) is 0 Å². The second kappa shape index (κ2) is 6.22. The maximum atomic E-state index is 12.5. The molecule has 126 valence electrons. The zero-order valence-electron chi connectivity index (χ0n) is 13.4. The van der Waals surface area contributed by atoms with Crippen LogP contribution in [0.4, 0.5) is 0 Å². The number of hydrogen-bond acceptors (Lipinski definition) is 4. The molecule has 7 heteroatoms. The number of nitrogens with zero attached hydrogens (tertiary/aromatic N) is 1. The largest absolute Gasteiger partial charge is 0.378 e. The zero-order valence-corrected chi connectivity index (χ0v) is 14.2. The van der Waals surface area contributed by atoms with Crippen molar-refractivity contribution < 1.29 is 17.9 Å². The molecule has 0 bridgehead atoms. The van der Waals surface area contributed by atoms with Crippen LogP contribution in [0.15, 0.2) is 29.2 Å². The predicted octanol–water partition coefficient (Wildman–Crippen LogP) is 1.23. The lowest BCUT2D eigenvalue weighted by Crippen LogP contribution is -2.57. The van der Waals surface area contributed by atoms with Crippen molar-refractivity contribution in [3.63, 3.8) is 0 Å². The maximum absolute atomic E-state index is 12.5. The van der Waals surface area contributed by atoms with E-state index < -0.39 is 10.0 Å². The molecule has 1 aromatic rings. The van der Waals surface area contributed by atoms with Crippen molar-refractivity contribution in [3.8, 4) is 0 Å². The van der Waals surface area contributed by atoms with Gasteiger partial charge in [-0.05, 0) is 43.5 Å². The lowest BCUT2D eigenvalue weighted by molar-refractivity contribution is -0.0980. The normalized spacial score (nSPS) is 27.0. The van der Waals surface area contributed by atoms with E-state index in [1.54, 1.807) is 26.2 Å². The minimum atomic E-state index is -3.56. The number of benzene rings is 1. The lowest BCUT2D eigenvalue weighted by Gasteiger charge is -2.47. The van der Waals surface area contributed by atoms with Gasteiger partial charge in [0, 0.05) is 38.2 Å². The third-order valence-electron chi connectivity index (χ3n) is 4.62. The molecule has 3 rings (SSSR count). The SMILES string of the molecule is CN(C)C(=O)c1ccc(S(=O)(=O)NC2CC3OCCCC23)cc1. The average Bonchev–Trinajstić information content (AvgIpc) is 2.52. The fraction of sp³-hybridized carbons (Fsp3) is 0.562. The molecule has 1 aliphatic heterocycles. The van der Waals surface area contributed by atoms with Crippen LogP contribution in [0.25, 0.3) is 0 Å². The summed E-state index contributed by atoms with van der Waals surface area (Å²) in [7, 11) is -0.243. The summed E-state index contributed by atoms with van der Waals surface area (Å²) in [4.78, 5) is 13.5. The van der Waals surface area contributed by atoms with E-state index in [2.05, 4.69) is 4.72 Å². The number of nitrogens with one attached hydrogen (secondary N) is 1. The van der Waals surface area contributed by atoms with E-state index >= 15 is 0 Å². The van der Waals surface area contributed by atoms with Gasteiger partial charge in [-0.15, -0.1) is 0 Å². The fourth-order valence-corrected chi connectivity index (χ4v) is 4.53. The van der Waals surface area contributed by atoms with Gasteiger partial charge in [-0.1, -0.05) is 0 Å². The summed E-state index contributed by atoms with van der Waals surface area (Å²) in [5.74, 6) is 0.135. The number of amides is 1. The van der Waals surface area contributed by atoms with Gasteiger partial charge < -0.3 is 9.64 Å². The molecule has 6 nitrogen and oxygen atoms in total. The molecule has 1 aromatic carbocycles. The van der Waals surface area contributed by atoms with Gasteiger partial charge in [-0.3, -0.25) is 4.79 Å². The van der Waals surface area contributed by atoms with Crippen LogP contribution in [0.1, 0.15) is 29.6 Å². The molecule has 1 saturated heterocycles. The summed E-state index contributed by atoms with van der Waals surface area (Å²) in [6.07, 6.45) is 2.94. The van der Waals surface area contributed by atoms with E-state index in [-0.39, 0.29) is 28.9 Å². The molecule has 1 heterocycles. The molecule has 1 aliphatic carbocycles. The topological polar surface area (TPSA) is 75.7 Å². The number of carbonyl (C=O) groups excluding carboxylic acids is 1. The molecule has 3 atom stereocenters. The Morgan fingerprint density at radius 1 is 1.26 bits per heavy atom. The van der Waals surface area contributed by atoms with Crippen molar-refractivity contribution in [3.05, 3.63) is 29.8 Å².